The van der Waals surface area contributed by atoms with Crippen molar-refractivity contribution in [2.45, 2.75) is 84.0 Å². The second kappa shape index (κ2) is 11.5. The molecule has 0 aromatic carbocycles. The van der Waals surface area contributed by atoms with Crippen molar-refractivity contribution in [2.75, 3.05) is 6.61 Å². The third kappa shape index (κ3) is 7.28. The van der Waals surface area contributed by atoms with Gasteiger partial charge in [-0.3, -0.25) is 9.59 Å². The van der Waals surface area contributed by atoms with E-state index in [9.17, 15) is 14.7 Å². The van der Waals surface area contributed by atoms with Crippen molar-refractivity contribution < 1.29 is 19.4 Å². The molecule has 2 unspecified atom stereocenters. The maximum absolute atomic E-state index is 12.0. The maximum atomic E-state index is 12.0. The lowest BCUT2D eigenvalue weighted by Gasteiger charge is -2.26. The molecule has 0 heterocycles. The average Bonchev–Trinajstić information content (AvgIpc) is 2.53. The molecule has 0 aromatic rings. The summed E-state index contributed by atoms with van der Waals surface area (Å²) in [5, 5.41) is 9.18. The van der Waals surface area contributed by atoms with Gasteiger partial charge in [-0.2, -0.15) is 0 Å². The minimum absolute atomic E-state index is 0.296. The molecule has 0 aromatic heterocycles. The Morgan fingerprint density at radius 2 is 1.45 bits per heavy atom. The van der Waals surface area contributed by atoms with Crippen LogP contribution < -0.4 is 0 Å². The van der Waals surface area contributed by atoms with E-state index in [0.29, 0.717) is 19.4 Å². The number of unbranched alkanes of at least 4 members (excludes halogenated alkanes) is 7. The molecule has 0 bridgehead atoms. The molecule has 1 aliphatic carbocycles. The van der Waals surface area contributed by atoms with Gasteiger partial charge in [0, 0.05) is 0 Å². The minimum atomic E-state index is -0.853. The molecular weight excluding hydrogens is 280 g/mol. The number of carboxylic acid groups (broad SMARTS) is 1. The first kappa shape index (κ1) is 19.0. The van der Waals surface area contributed by atoms with Crippen molar-refractivity contribution in [3.8, 4) is 0 Å². The van der Waals surface area contributed by atoms with Crippen LogP contribution in [-0.2, 0) is 14.3 Å². The third-order valence-corrected chi connectivity index (χ3v) is 4.63. The molecule has 1 N–H and O–H groups in total. The fraction of sp³-hybridized carbons (Fsp3) is 0.889. The highest BCUT2D eigenvalue weighted by Gasteiger charge is 2.36. The van der Waals surface area contributed by atoms with Gasteiger partial charge in [-0.25, -0.2) is 0 Å². The lowest BCUT2D eigenvalue weighted by Crippen LogP contribution is -2.33. The van der Waals surface area contributed by atoms with Gasteiger partial charge in [0.05, 0.1) is 18.4 Å². The number of esters is 1. The molecule has 1 aliphatic rings. The largest absolute Gasteiger partial charge is 0.481 e. The smallest absolute Gasteiger partial charge is 0.309 e. The molecule has 0 radical (unpaired) electrons. The van der Waals surface area contributed by atoms with Crippen LogP contribution in [0.5, 0.6) is 0 Å². The normalized spacial score (nSPS) is 21.5. The first-order valence-corrected chi connectivity index (χ1v) is 9.06. The van der Waals surface area contributed by atoms with Crippen LogP contribution in [0.1, 0.15) is 84.0 Å². The van der Waals surface area contributed by atoms with Crippen LogP contribution in [0.2, 0.25) is 0 Å². The summed E-state index contributed by atoms with van der Waals surface area (Å²) in [6.45, 7) is 2.66. The number of carbonyl (C=O) groups excluding carboxylic acids is 1. The van der Waals surface area contributed by atoms with Gasteiger partial charge in [0.1, 0.15) is 0 Å². The van der Waals surface area contributed by atoms with Crippen molar-refractivity contribution in [3.05, 3.63) is 0 Å². The zero-order valence-electron chi connectivity index (χ0n) is 14.0. The minimum Gasteiger partial charge on any atom is -0.481 e. The second-order valence-electron chi connectivity index (χ2n) is 6.48. The zero-order chi connectivity index (χ0) is 16.2. The summed E-state index contributed by atoms with van der Waals surface area (Å²) in [4.78, 5) is 23.2. The standard InChI is InChI=1S/C18H32O4/c1-2-3-4-5-6-7-8-11-14-22-18(21)16-13-10-9-12-15(16)17(19)20/h15-16H,2-14H2,1H3,(H,19,20). The summed E-state index contributed by atoms with van der Waals surface area (Å²) < 4.78 is 5.30. The highest BCUT2D eigenvalue weighted by molar-refractivity contribution is 5.81. The zero-order valence-corrected chi connectivity index (χ0v) is 14.0. The van der Waals surface area contributed by atoms with Crippen molar-refractivity contribution in [2.24, 2.45) is 11.8 Å². The second-order valence-corrected chi connectivity index (χ2v) is 6.48. The van der Waals surface area contributed by atoms with E-state index in [4.69, 9.17) is 4.74 Å². The molecular formula is C18H32O4. The van der Waals surface area contributed by atoms with E-state index < -0.39 is 17.8 Å². The summed E-state index contributed by atoms with van der Waals surface area (Å²) in [5.74, 6) is -2.12. The highest BCUT2D eigenvalue weighted by Crippen LogP contribution is 2.31. The Kier molecular flexibility index (Phi) is 9.93. The van der Waals surface area contributed by atoms with Gasteiger partial charge in [-0.1, -0.05) is 64.7 Å². The number of ether oxygens (including phenoxy) is 1. The van der Waals surface area contributed by atoms with Crippen molar-refractivity contribution >= 4 is 11.9 Å². The van der Waals surface area contributed by atoms with Crippen LogP contribution in [0.4, 0.5) is 0 Å². The van der Waals surface area contributed by atoms with Crippen LogP contribution in [0.25, 0.3) is 0 Å². The maximum Gasteiger partial charge on any atom is 0.309 e. The summed E-state index contributed by atoms with van der Waals surface area (Å²) in [6.07, 6.45) is 12.8. The Bertz CT molecular complexity index is 327. The Balaban J connectivity index is 2.08. The molecule has 0 aliphatic heterocycles. The SMILES string of the molecule is CCCCCCCCCCOC(=O)C1CCCCC1C(=O)O. The van der Waals surface area contributed by atoms with Crippen LogP contribution in [0.15, 0.2) is 0 Å². The Morgan fingerprint density at radius 1 is 0.909 bits per heavy atom. The summed E-state index contributed by atoms with van der Waals surface area (Å²) in [7, 11) is 0. The van der Waals surface area contributed by atoms with Crippen molar-refractivity contribution in [1.29, 1.82) is 0 Å². The molecule has 1 saturated carbocycles. The first-order valence-electron chi connectivity index (χ1n) is 9.06. The van der Waals surface area contributed by atoms with Crippen LogP contribution in [0, 0.1) is 11.8 Å². The van der Waals surface area contributed by atoms with E-state index >= 15 is 0 Å². The molecule has 0 spiro atoms. The van der Waals surface area contributed by atoms with Crippen LogP contribution >= 0.6 is 0 Å². The quantitative estimate of drug-likeness (QED) is 0.448. The van der Waals surface area contributed by atoms with E-state index in [1.165, 1.54) is 38.5 Å². The van der Waals surface area contributed by atoms with E-state index in [2.05, 4.69) is 6.92 Å². The number of hydrogen-bond donors (Lipinski definition) is 1. The number of aliphatic carboxylic acids is 1. The lowest BCUT2D eigenvalue weighted by molar-refractivity contribution is -0.159. The number of rotatable bonds is 11. The van der Waals surface area contributed by atoms with Crippen LogP contribution in [-0.4, -0.2) is 23.7 Å². The van der Waals surface area contributed by atoms with Gasteiger partial charge in [0.2, 0.25) is 0 Å². The molecule has 1 rings (SSSR count). The van der Waals surface area contributed by atoms with Gasteiger partial charge in [-0.05, 0) is 19.3 Å². The Morgan fingerprint density at radius 3 is 2.05 bits per heavy atom. The van der Waals surface area contributed by atoms with Gasteiger partial charge >= 0.3 is 11.9 Å². The fourth-order valence-corrected chi connectivity index (χ4v) is 3.22. The molecule has 4 heteroatoms. The third-order valence-electron chi connectivity index (χ3n) is 4.63. The van der Waals surface area contributed by atoms with E-state index in [0.717, 1.165) is 25.7 Å². The molecule has 2 atom stereocenters. The molecule has 4 nitrogen and oxygen atoms in total. The Labute approximate surface area is 134 Å². The monoisotopic (exact) mass is 312 g/mol. The van der Waals surface area contributed by atoms with Crippen molar-refractivity contribution in [3.63, 3.8) is 0 Å². The highest BCUT2D eigenvalue weighted by atomic mass is 16.5. The lowest BCUT2D eigenvalue weighted by atomic mass is 9.79. The molecule has 1 fully saturated rings. The van der Waals surface area contributed by atoms with E-state index in [-0.39, 0.29) is 5.97 Å². The number of carboxylic acids is 1. The topological polar surface area (TPSA) is 63.6 Å². The molecule has 128 valence electrons. The predicted molar refractivity (Wildman–Crippen MR) is 86.7 cm³/mol. The fourth-order valence-electron chi connectivity index (χ4n) is 3.22. The first-order chi connectivity index (χ1) is 10.7. The molecule has 0 amide bonds. The van der Waals surface area contributed by atoms with Gasteiger partial charge < -0.3 is 9.84 Å². The van der Waals surface area contributed by atoms with Gasteiger partial charge in [0.15, 0.2) is 0 Å². The molecule has 0 saturated heterocycles. The van der Waals surface area contributed by atoms with Gasteiger partial charge in [0.25, 0.3) is 0 Å². The summed E-state index contributed by atoms with van der Waals surface area (Å²) in [6, 6.07) is 0. The number of hydrogen-bond acceptors (Lipinski definition) is 3. The van der Waals surface area contributed by atoms with Crippen molar-refractivity contribution in [1.82, 2.24) is 0 Å². The number of carbonyl (C=O) groups is 2. The average molecular weight is 312 g/mol. The van der Waals surface area contributed by atoms with E-state index in [1.54, 1.807) is 0 Å². The van der Waals surface area contributed by atoms with E-state index in [1.807, 2.05) is 0 Å². The Hall–Kier alpha value is -1.06. The van der Waals surface area contributed by atoms with Crippen LogP contribution in [0.3, 0.4) is 0 Å². The molecule has 22 heavy (non-hydrogen) atoms. The summed E-state index contributed by atoms with van der Waals surface area (Å²) in [5.41, 5.74) is 0. The van der Waals surface area contributed by atoms with Gasteiger partial charge in [-0.15, -0.1) is 0 Å². The predicted octanol–water partition coefficient (Wildman–Crippen LogP) is 4.56. The summed E-state index contributed by atoms with van der Waals surface area (Å²) >= 11 is 0.